The van der Waals surface area contributed by atoms with Crippen molar-refractivity contribution < 1.29 is 50.1 Å². The predicted molar refractivity (Wildman–Crippen MR) is 67.4 cm³/mol. The summed E-state index contributed by atoms with van der Waals surface area (Å²) < 4.78 is 0. The molecule has 8 N–H and O–H groups in total. The zero-order valence-corrected chi connectivity index (χ0v) is 11.5. The Kier molecular flexibility index (Phi) is 8.08. The molecular weight excluding hydrogens is 306 g/mol. The first-order valence-corrected chi connectivity index (χ1v) is 6.10. The molecule has 0 bridgehead atoms. The number of carboxylic acids is 1. The van der Waals surface area contributed by atoms with Crippen LogP contribution >= 0.6 is 0 Å². The first kappa shape index (κ1) is 20.4. The van der Waals surface area contributed by atoms with Gasteiger partial charge in [-0.3, -0.25) is 9.59 Å². The van der Waals surface area contributed by atoms with Gasteiger partial charge >= 0.3 is 5.97 Å². The summed E-state index contributed by atoms with van der Waals surface area (Å²) in [5.74, 6) is -4.70. The number of amides is 1. The molecular formula is C11H19NO10. The minimum Gasteiger partial charge on any atom is -0.475 e. The molecule has 11 nitrogen and oxygen atoms in total. The van der Waals surface area contributed by atoms with Crippen molar-refractivity contribution in [2.45, 2.75) is 43.5 Å². The molecule has 0 saturated heterocycles. The normalized spacial score (nSPS) is 19.4. The van der Waals surface area contributed by atoms with Crippen molar-refractivity contribution in [1.29, 1.82) is 0 Å². The third kappa shape index (κ3) is 5.29. The van der Waals surface area contributed by atoms with Crippen molar-refractivity contribution in [3.8, 4) is 0 Å². The first-order chi connectivity index (χ1) is 10.0. The van der Waals surface area contributed by atoms with E-state index in [9.17, 15) is 39.9 Å². The lowest BCUT2D eigenvalue weighted by molar-refractivity contribution is -0.159. The SMILES string of the molecule is CC(=O)N[C@H]([C@@H](O)[C@@H](O)C(=O)C(=O)O)[C@@H](O)[C@H](O)[C@H](O)CO. The summed E-state index contributed by atoms with van der Waals surface area (Å²) in [5.41, 5.74) is 0. The molecule has 0 radical (unpaired) electrons. The van der Waals surface area contributed by atoms with Crippen molar-refractivity contribution in [2.75, 3.05) is 6.61 Å². The van der Waals surface area contributed by atoms with E-state index in [0.29, 0.717) is 0 Å². The van der Waals surface area contributed by atoms with Gasteiger partial charge in [-0.15, -0.1) is 0 Å². The zero-order valence-electron chi connectivity index (χ0n) is 11.5. The van der Waals surface area contributed by atoms with Crippen LogP contribution in [0.2, 0.25) is 0 Å². The molecule has 0 rings (SSSR count). The van der Waals surface area contributed by atoms with E-state index in [4.69, 9.17) is 10.2 Å². The number of hydrogen-bond donors (Lipinski definition) is 8. The van der Waals surface area contributed by atoms with Crippen LogP contribution in [0.1, 0.15) is 6.92 Å². The number of carbonyl (C=O) groups is 3. The summed E-state index contributed by atoms with van der Waals surface area (Å²) in [6, 6.07) is -1.88. The lowest BCUT2D eigenvalue weighted by Gasteiger charge is -2.33. The molecule has 0 aromatic carbocycles. The Labute approximate surface area is 124 Å². The molecule has 6 atom stereocenters. The van der Waals surface area contributed by atoms with Crippen molar-refractivity contribution in [1.82, 2.24) is 5.32 Å². The molecule has 1 amide bonds. The molecule has 0 aromatic heterocycles. The predicted octanol–water partition coefficient (Wildman–Crippen LogP) is -5.06. The molecule has 0 aromatic rings. The monoisotopic (exact) mass is 325 g/mol. The van der Waals surface area contributed by atoms with Crippen molar-refractivity contribution in [3.63, 3.8) is 0 Å². The average molecular weight is 325 g/mol. The van der Waals surface area contributed by atoms with E-state index in [0.717, 1.165) is 6.92 Å². The summed E-state index contributed by atoms with van der Waals surface area (Å²) >= 11 is 0. The van der Waals surface area contributed by atoms with Crippen LogP contribution in [0.5, 0.6) is 0 Å². The molecule has 11 heteroatoms. The van der Waals surface area contributed by atoms with Gasteiger partial charge in [0.25, 0.3) is 5.78 Å². The van der Waals surface area contributed by atoms with E-state index in [1.807, 2.05) is 5.32 Å². The number of carboxylic acid groups (broad SMARTS) is 1. The molecule has 0 saturated carbocycles. The highest BCUT2D eigenvalue weighted by Crippen LogP contribution is 2.12. The van der Waals surface area contributed by atoms with Gasteiger partial charge < -0.3 is 41.1 Å². The number of aliphatic carboxylic acids is 1. The Hall–Kier alpha value is -1.63. The Morgan fingerprint density at radius 1 is 0.955 bits per heavy atom. The topological polar surface area (TPSA) is 205 Å². The molecule has 0 unspecified atom stereocenters. The van der Waals surface area contributed by atoms with E-state index in [-0.39, 0.29) is 0 Å². The van der Waals surface area contributed by atoms with Crippen molar-refractivity contribution in [2.24, 2.45) is 0 Å². The van der Waals surface area contributed by atoms with Crippen LogP contribution in [0.3, 0.4) is 0 Å². The quantitative estimate of drug-likeness (QED) is 0.189. The van der Waals surface area contributed by atoms with Gasteiger partial charge in [-0.2, -0.15) is 0 Å². The standard InChI is InChI=1S/C11H19NO10/c1-3(14)12-5(7(17)6(16)4(15)2-13)8(18)9(19)10(20)11(21)22/h4-9,13,15-19H,2H2,1H3,(H,12,14)(H,21,22)/t4-,5+,6-,7-,8-,9-/m1/s1. The van der Waals surface area contributed by atoms with Crippen molar-refractivity contribution >= 4 is 17.7 Å². The van der Waals surface area contributed by atoms with Gasteiger partial charge in [-0.1, -0.05) is 0 Å². The number of carbonyl (C=O) groups excluding carboxylic acids is 2. The Bertz CT molecular complexity index is 414. The van der Waals surface area contributed by atoms with Gasteiger partial charge in [0.2, 0.25) is 5.91 Å². The number of rotatable bonds is 9. The highest BCUT2D eigenvalue weighted by atomic mass is 16.4. The lowest BCUT2D eigenvalue weighted by atomic mass is 9.92. The number of hydrogen-bond acceptors (Lipinski definition) is 9. The van der Waals surface area contributed by atoms with Gasteiger partial charge in [-0.05, 0) is 0 Å². The summed E-state index contributed by atoms with van der Waals surface area (Å²) in [6.45, 7) is -0.00951. The number of ketones is 1. The summed E-state index contributed by atoms with van der Waals surface area (Å²) in [6.07, 6.45) is -10.8. The van der Waals surface area contributed by atoms with Crippen LogP contribution in [0.4, 0.5) is 0 Å². The summed E-state index contributed by atoms with van der Waals surface area (Å²) in [5, 5.41) is 66.8. The van der Waals surface area contributed by atoms with Crippen LogP contribution in [0.25, 0.3) is 0 Å². The Balaban J connectivity index is 5.30. The molecule has 0 aliphatic rings. The number of Topliss-reactive ketones (excluding diaryl/α,β-unsaturated/α-hetero) is 1. The molecule has 0 aliphatic carbocycles. The van der Waals surface area contributed by atoms with E-state index >= 15 is 0 Å². The van der Waals surface area contributed by atoms with Gasteiger partial charge in [0.15, 0.2) is 6.10 Å². The van der Waals surface area contributed by atoms with E-state index in [1.165, 1.54) is 0 Å². The highest BCUT2D eigenvalue weighted by molar-refractivity contribution is 6.34. The fourth-order valence-electron chi connectivity index (χ4n) is 1.63. The molecule has 0 heterocycles. The fraction of sp³-hybridized carbons (Fsp3) is 0.727. The third-order valence-electron chi connectivity index (χ3n) is 2.84. The molecule has 0 spiro atoms. The van der Waals surface area contributed by atoms with Crippen LogP contribution in [0.15, 0.2) is 0 Å². The van der Waals surface area contributed by atoms with E-state index in [2.05, 4.69) is 0 Å². The molecule has 0 aliphatic heterocycles. The maximum Gasteiger partial charge on any atom is 0.375 e. The largest absolute Gasteiger partial charge is 0.475 e. The first-order valence-electron chi connectivity index (χ1n) is 6.10. The van der Waals surface area contributed by atoms with E-state index in [1.54, 1.807) is 0 Å². The number of aliphatic hydroxyl groups excluding tert-OH is 6. The highest BCUT2D eigenvalue weighted by Gasteiger charge is 2.42. The second-order valence-electron chi connectivity index (χ2n) is 4.56. The van der Waals surface area contributed by atoms with Crippen LogP contribution in [-0.4, -0.2) is 96.6 Å². The van der Waals surface area contributed by atoms with Crippen LogP contribution in [0, 0.1) is 0 Å². The lowest BCUT2D eigenvalue weighted by Crippen LogP contribution is -2.61. The summed E-state index contributed by atoms with van der Waals surface area (Å²) in [7, 11) is 0. The average Bonchev–Trinajstić information content (AvgIpc) is 2.47. The zero-order chi connectivity index (χ0) is 17.6. The second kappa shape index (κ2) is 8.73. The van der Waals surface area contributed by atoms with E-state index < -0.39 is 60.8 Å². The van der Waals surface area contributed by atoms with Gasteiger partial charge in [0.05, 0.1) is 12.6 Å². The Morgan fingerprint density at radius 3 is 1.82 bits per heavy atom. The van der Waals surface area contributed by atoms with Crippen molar-refractivity contribution in [3.05, 3.63) is 0 Å². The van der Waals surface area contributed by atoms with Crippen LogP contribution in [-0.2, 0) is 14.4 Å². The number of aliphatic hydroxyl groups is 6. The maximum absolute atomic E-state index is 11.1. The molecule has 22 heavy (non-hydrogen) atoms. The van der Waals surface area contributed by atoms with Gasteiger partial charge in [0, 0.05) is 6.92 Å². The smallest absolute Gasteiger partial charge is 0.375 e. The maximum atomic E-state index is 11.1. The molecule has 128 valence electrons. The molecule has 0 fully saturated rings. The third-order valence-corrected chi connectivity index (χ3v) is 2.84. The van der Waals surface area contributed by atoms with Gasteiger partial charge in [-0.25, -0.2) is 4.79 Å². The fourth-order valence-corrected chi connectivity index (χ4v) is 1.63. The summed E-state index contributed by atoms with van der Waals surface area (Å²) in [4.78, 5) is 32.6. The second-order valence-corrected chi connectivity index (χ2v) is 4.56. The Morgan fingerprint density at radius 2 is 1.45 bits per heavy atom. The minimum absolute atomic E-state index is 0.844. The number of nitrogens with one attached hydrogen (secondary N) is 1. The minimum atomic E-state index is -2.50. The van der Waals surface area contributed by atoms with Gasteiger partial charge in [0.1, 0.15) is 24.4 Å². The van der Waals surface area contributed by atoms with Crippen LogP contribution < -0.4 is 5.32 Å².